The fourth-order valence-corrected chi connectivity index (χ4v) is 1.94. The molecular formula is C14H17ClN2O. The Morgan fingerprint density at radius 3 is 2.94 bits per heavy atom. The Hall–Kier alpha value is -1.16. The molecule has 0 amide bonds. The van der Waals surface area contributed by atoms with Crippen LogP contribution in [0.5, 0.6) is 0 Å². The van der Waals surface area contributed by atoms with Gasteiger partial charge in [-0.25, -0.2) is 0 Å². The van der Waals surface area contributed by atoms with Gasteiger partial charge in [0.25, 0.3) is 0 Å². The average molecular weight is 265 g/mol. The fourth-order valence-electron chi connectivity index (χ4n) is 1.83. The first-order chi connectivity index (χ1) is 8.92. The van der Waals surface area contributed by atoms with E-state index in [1.807, 2.05) is 12.3 Å². The maximum atomic E-state index is 5.52. The zero-order valence-electron chi connectivity index (χ0n) is 10.2. The molecule has 0 aliphatic carbocycles. The summed E-state index contributed by atoms with van der Waals surface area (Å²) in [6.45, 7) is 2.92. The molecule has 1 aromatic carbocycles. The minimum atomic E-state index is 0.549. The molecule has 0 radical (unpaired) electrons. The Morgan fingerprint density at radius 1 is 1.17 bits per heavy atom. The largest absolute Gasteiger partial charge is 0.379 e. The van der Waals surface area contributed by atoms with Crippen molar-refractivity contribution >= 4 is 22.5 Å². The van der Waals surface area contributed by atoms with Gasteiger partial charge in [0, 0.05) is 30.6 Å². The van der Waals surface area contributed by atoms with Crippen LogP contribution >= 0.6 is 11.6 Å². The summed E-state index contributed by atoms with van der Waals surface area (Å²) in [6.07, 6.45) is 1.83. The van der Waals surface area contributed by atoms with Crippen LogP contribution in [0.3, 0.4) is 0 Å². The molecule has 0 aliphatic heterocycles. The number of aromatic nitrogens is 1. The number of para-hydroxylation sites is 1. The first-order valence-corrected chi connectivity index (χ1v) is 6.62. The first-order valence-electron chi connectivity index (χ1n) is 6.09. The lowest BCUT2D eigenvalue weighted by molar-refractivity contribution is 0.151. The normalized spacial score (nSPS) is 10.9. The third-order valence-corrected chi connectivity index (χ3v) is 2.83. The van der Waals surface area contributed by atoms with Gasteiger partial charge in [0.1, 0.15) is 0 Å². The highest BCUT2D eigenvalue weighted by Crippen LogP contribution is 2.15. The number of fused-ring (bicyclic) bond motifs is 1. The molecule has 0 bridgehead atoms. The molecule has 4 heteroatoms. The third-order valence-electron chi connectivity index (χ3n) is 2.68. The highest BCUT2D eigenvalue weighted by molar-refractivity contribution is 6.17. The number of nitrogens with zero attached hydrogens (tertiary/aromatic N) is 1. The molecule has 1 aromatic heterocycles. The summed E-state index contributed by atoms with van der Waals surface area (Å²) in [7, 11) is 0. The Labute approximate surface area is 112 Å². The molecule has 0 fully saturated rings. The fraction of sp³-hybridized carbons (Fsp3) is 0.357. The number of pyridine rings is 1. The highest BCUT2D eigenvalue weighted by Gasteiger charge is 2.00. The van der Waals surface area contributed by atoms with Gasteiger partial charge in [-0.1, -0.05) is 24.3 Å². The number of nitrogens with one attached hydrogen (secondary N) is 1. The summed E-state index contributed by atoms with van der Waals surface area (Å²) >= 11 is 5.52. The molecule has 3 nitrogen and oxygen atoms in total. The van der Waals surface area contributed by atoms with Crippen molar-refractivity contribution in [3.8, 4) is 0 Å². The zero-order valence-corrected chi connectivity index (χ0v) is 11.0. The van der Waals surface area contributed by atoms with Crippen LogP contribution in [0, 0.1) is 0 Å². The van der Waals surface area contributed by atoms with E-state index < -0.39 is 0 Å². The van der Waals surface area contributed by atoms with Crippen LogP contribution in [-0.4, -0.2) is 30.6 Å². The van der Waals surface area contributed by atoms with E-state index in [1.54, 1.807) is 0 Å². The number of alkyl halides is 1. The van der Waals surface area contributed by atoms with E-state index >= 15 is 0 Å². The Morgan fingerprint density at radius 2 is 2.06 bits per heavy atom. The van der Waals surface area contributed by atoms with Crippen LogP contribution in [-0.2, 0) is 11.3 Å². The third kappa shape index (κ3) is 3.67. The summed E-state index contributed by atoms with van der Waals surface area (Å²) in [5.41, 5.74) is 2.28. The van der Waals surface area contributed by atoms with Gasteiger partial charge in [-0.3, -0.25) is 4.98 Å². The number of rotatable bonds is 7. The van der Waals surface area contributed by atoms with Crippen molar-refractivity contribution in [2.45, 2.75) is 6.54 Å². The standard InChI is InChI=1S/C14H17ClN2O/c15-6-9-18-10-8-16-11-13-4-1-3-12-5-2-7-17-14(12)13/h1-5,7,16H,6,8-11H2. The maximum Gasteiger partial charge on any atom is 0.0746 e. The van der Waals surface area contributed by atoms with E-state index in [4.69, 9.17) is 16.3 Å². The second-order valence-corrected chi connectivity index (χ2v) is 4.35. The summed E-state index contributed by atoms with van der Waals surface area (Å²) in [5, 5.41) is 4.52. The lowest BCUT2D eigenvalue weighted by Gasteiger charge is -2.07. The SMILES string of the molecule is ClCCOCCNCc1cccc2cccnc12. The molecular weight excluding hydrogens is 248 g/mol. The smallest absolute Gasteiger partial charge is 0.0746 e. The monoisotopic (exact) mass is 264 g/mol. The van der Waals surface area contributed by atoms with E-state index in [0.717, 1.165) is 18.6 Å². The quantitative estimate of drug-likeness (QED) is 0.617. The first kappa shape index (κ1) is 13.3. The Balaban J connectivity index is 1.88. The van der Waals surface area contributed by atoms with Crippen LogP contribution in [0.15, 0.2) is 36.5 Å². The second-order valence-electron chi connectivity index (χ2n) is 3.97. The highest BCUT2D eigenvalue weighted by atomic mass is 35.5. The number of hydrogen-bond acceptors (Lipinski definition) is 3. The molecule has 96 valence electrons. The zero-order chi connectivity index (χ0) is 12.6. The van der Waals surface area contributed by atoms with Gasteiger partial charge in [0.05, 0.1) is 18.7 Å². The minimum absolute atomic E-state index is 0.549. The topological polar surface area (TPSA) is 34.1 Å². The molecule has 0 spiro atoms. The molecule has 0 saturated carbocycles. The van der Waals surface area contributed by atoms with Gasteiger partial charge in [0.15, 0.2) is 0 Å². The molecule has 2 aromatic rings. The van der Waals surface area contributed by atoms with E-state index in [0.29, 0.717) is 19.1 Å². The number of benzene rings is 1. The van der Waals surface area contributed by atoms with Crippen molar-refractivity contribution < 1.29 is 4.74 Å². The van der Waals surface area contributed by atoms with Gasteiger partial charge < -0.3 is 10.1 Å². The maximum absolute atomic E-state index is 5.52. The number of ether oxygens (including phenoxy) is 1. The van der Waals surface area contributed by atoms with Gasteiger partial charge >= 0.3 is 0 Å². The van der Waals surface area contributed by atoms with Crippen molar-refractivity contribution in [1.29, 1.82) is 0 Å². The number of hydrogen-bond donors (Lipinski definition) is 1. The summed E-state index contributed by atoms with van der Waals surface area (Å²) in [6, 6.07) is 10.3. The van der Waals surface area contributed by atoms with E-state index in [1.165, 1.54) is 10.9 Å². The molecule has 0 atom stereocenters. The molecule has 0 unspecified atom stereocenters. The molecule has 2 rings (SSSR count). The van der Waals surface area contributed by atoms with Crippen LogP contribution in [0.2, 0.25) is 0 Å². The Bertz CT molecular complexity index is 485. The minimum Gasteiger partial charge on any atom is -0.379 e. The molecule has 1 N–H and O–H groups in total. The van der Waals surface area contributed by atoms with Gasteiger partial charge in [-0.2, -0.15) is 0 Å². The van der Waals surface area contributed by atoms with Gasteiger partial charge in [0.2, 0.25) is 0 Å². The van der Waals surface area contributed by atoms with Gasteiger partial charge in [-0.15, -0.1) is 11.6 Å². The van der Waals surface area contributed by atoms with Crippen molar-refractivity contribution in [3.05, 3.63) is 42.1 Å². The van der Waals surface area contributed by atoms with Crippen LogP contribution in [0.4, 0.5) is 0 Å². The summed E-state index contributed by atoms with van der Waals surface area (Å²) in [4.78, 5) is 4.42. The van der Waals surface area contributed by atoms with Crippen LogP contribution < -0.4 is 5.32 Å². The van der Waals surface area contributed by atoms with E-state index in [9.17, 15) is 0 Å². The predicted octanol–water partition coefficient (Wildman–Crippen LogP) is 2.58. The second kappa shape index (κ2) is 7.31. The molecule has 0 aliphatic rings. The average Bonchev–Trinajstić information content (AvgIpc) is 2.43. The van der Waals surface area contributed by atoms with E-state index in [-0.39, 0.29) is 0 Å². The molecule has 1 heterocycles. The lowest BCUT2D eigenvalue weighted by atomic mass is 10.1. The molecule has 18 heavy (non-hydrogen) atoms. The summed E-state index contributed by atoms with van der Waals surface area (Å²) < 4.78 is 5.30. The number of halogens is 1. The van der Waals surface area contributed by atoms with E-state index in [2.05, 4.69) is 34.6 Å². The lowest BCUT2D eigenvalue weighted by Crippen LogP contribution is -2.19. The van der Waals surface area contributed by atoms with Crippen molar-refractivity contribution in [3.63, 3.8) is 0 Å². The van der Waals surface area contributed by atoms with Crippen LogP contribution in [0.25, 0.3) is 10.9 Å². The Kier molecular flexibility index (Phi) is 5.39. The predicted molar refractivity (Wildman–Crippen MR) is 75.0 cm³/mol. The van der Waals surface area contributed by atoms with Crippen molar-refractivity contribution in [1.82, 2.24) is 10.3 Å². The summed E-state index contributed by atoms with van der Waals surface area (Å²) in [5.74, 6) is 0.549. The van der Waals surface area contributed by atoms with Crippen molar-refractivity contribution in [2.75, 3.05) is 25.6 Å². The molecule has 0 saturated heterocycles. The van der Waals surface area contributed by atoms with Crippen molar-refractivity contribution in [2.24, 2.45) is 0 Å². The van der Waals surface area contributed by atoms with Crippen LogP contribution in [0.1, 0.15) is 5.56 Å². The van der Waals surface area contributed by atoms with Gasteiger partial charge in [-0.05, 0) is 11.6 Å².